The monoisotopic (exact) mass is 353 g/mol. The average molecular weight is 354 g/mol. The lowest BCUT2D eigenvalue weighted by atomic mass is 9.89. The van der Waals surface area contributed by atoms with E-state index in [2.05, 4.69) is 41.1 Å². The van der Waals surface area contributed by atoms with Crippen LogP contribution in [0, 0.1) is 6.92 Å². The molecule has 1 aromatic carbocycles. The molecular formula is C17H24BrNO2. The van der Waals surface area contributed by atoms with Crippen molar-refractivity contribution in [1.29, 1.82) is 0 Å². The smallest absolute Gasteiger partial charge is 0.410 e. The molecule has 0 aromatic heterocycles. The summed E-state index contributed by atoms with van der Waals surface area (Å²) in [5, 5.41) is 0. The molecule has 1 aliphatic rings. The van der Waals surface area contributed by atoms with E-state index in [0.717, 1.165) is 30.4 Å². The zero-order valence-corrected chi connectivity index (χ0v) is 14.9. The van der Waals surface area contributed by atoms with E-state index in [1.165, 1.54) is 11.1 Å². The predicted octanol–water partition coefficient (Wildman–Crippen LogP) is 4.87. The second-order valence-corrected chi connectivity index (χ2v) is 7.72. The molecule has 116 valence electrons. The molecule has 1 aliphatic heterocycles. The first-order valence-electron chi connectivity index (χ1n) is 7.49. The molecule has 1 fully saturated rings. The molecule has 21 heavy (non-hydrogen) atoms. The largest absolute Gasteiger partial charge is 0.444 e. The number of nitrogens with zero attached hydrogens (tertiary/aromatic N) is 1. The van der Waals surface area contributed by atoms with Gasteiger partial charge >= 0.3 is 6.09 Å². The van der Waals surface area contributed by atoms with Gasteiger partial charge in [-0.3, -0.25) is 0 Å². The number of halogens is 1. The van der Waals surface area contributed by atoms with E-state index >= 15 is 0 Å². The van der Waals surface area contributed by atoms with E-state index < -0.39 is 5.60 Å². The highest BCUT2D eigenvalue weighted by Gasteiger charge is 2.27. The fraction of sp³-hybridized carbons (Fsp3) is 0.588. The van der Waals surface area contributed by atoms with Crippen molar-refractivity contribution in [2.24, 2.45) is 0 Å². The predicted molar refractivity (Wildman–Crippen MR) is 88.7 cm³/mol. The number of aryl methyl sites for hydroxylation is 1. The number of carbonyl (C=O) groups is 1. The Morgan fingerprint density at radius 1 is 1.24 bits per heavy atom. The molecule has 0 N–H and O–H groups in total. The SMILES string of the molecule is Cc1cc(Br)cc(C2CCN(C(=O)OC(C)(C)C)CC2)c1. The third-order valence-corrected chi connectivity index (χ3v) is 4.14. The highest BCUT2D eigenvalue weighted by molar-refractivity contribution is 9.10. The Balaban J connectivity index is 1.95. The number of carbonyl (C=O) groups excluding carboxylic acids is 1. The standard InChI is InChI=1S/C17H24BrNO2/c1-12-9-14(11-15(18)10-12)13-5-7-19(8-6-13)16(20)21-17(2,3)4/h9-11,13H,5-8H2,1-4H3. The molecule has 0 atom stereocenters. The summed E-state index contributed by atoms with van der Waals surface area (Å²) >= 11 is 3.56. The number of hydrogen-bond donors (Lipinski definition) is 0. The van der Waals surface area contributed by atoms with Crippen molar-refractivity contribution >= 4 is 22.0 Å². The quantitative estimate of drug-likeness (QED) is 0.720. The highest BCUT2D eigenvalue weighted by Crippen LogP contribution is 2.31. The van der Waals surface area contributed by atoms with E-state index in [4.69, 9.17) is 4.74 Å². The summed E-state index contributed by atoms with van der Waals surface area (Å²) in [5.74, 6) is 0.528. The van der Waals surface area contributed by atoms with Crippen LogP contribution in [0.4, 0.5) is 4.79 Å². The summed E-state index contributed by atoms with van der Waals surface area (Å²) in [5.41, 5.74) is 2.22. The lowest BCUT2D eigenvalue weighted by Gasteiger charge is -2.33. The van der Waals surface area contributed by atoms with Crippen LogP contribution in [0.25, 0.3) is 0 Å². The van der Waals surface area contributed by atoms with Crippen LogP contribution in [0.15, 0.2) is 22.7 Å². The van der Waals surface area contributed by atoms with E-state index in [1.54, 1.807) is 0 Å². The van der Waals surface area contributed by atoms with Gasteiger partial charge in [0.1, 0.15) is 5.60 Å². The lowest BCUT2D eigenvalue weighted by Crippen LogP contribution is -2.41. The van der Waals surface area contributed by atoms with E-state index in [-0.39, 0.29) is 6.09 Å². The number of amides is 1. The number of likely N-dealkylation sites (tertiary alicyclic amines) is 1. The molecule has 4 heteroatoms. The van der Waals surface area contributed by atoms with Crippen molar-refractivity contribution in [2.75, 3.05) is 13.1 Å². The minimum atomic E-state index is -0.421. The second-order valence-electron chi connectivity index (χ2n) is 6.80. The minimum Gasteiger partial charge on any atom is -0.444 e. The van der Waals surface area contributed by atoms with Crippen LogP contribution in [0.3, 0.4) is 0 Å². The maximum atomic E-state index is 12.1. The minimum absolute atomic E-state index is 0.189. The van der Waals surface area contributed by atoms with Gasteiger partial charge in [-0.2, -0.15) is 0 Å². The first-order valence-corrected chi connectivity index (χ1v) is 8.29. The second kappa shape index (κ2) is 6.39. The van der Waals surface area contributed by atoms with Gasteiger partial charge in [-0.15, -0.1) is 0 Å². The number of rotatable bonds is 1. The average Bonchev–Trinajstić information content (AvgIpc) is 2.35. The topological polar surface area (TPSA) is 29.5 Å². The molecule has 1 heterocycles. The van der Waals surface area contributed by atoms with Gasteiger partial charge in [-0.1, -0.05) is 22.0 Å². The van der Waals surface area contributed by atoms with Gasteiger partial charge in [0, 0.05) is 17.6 Å². The van der Waals surface area contributed by atoms with Gasteiger partial charge in [-0.25, -0.2) is 4.79 Å². The van der Waals surface area contributed by atoms with Gasteiger partial charge in [0.05, 0.1) is 0 Å². The van der Waals surface area contributed by atoms with Crippen molar-refractivity contribution in [3.63, 3.8) is 0 Å². The zero-order chi connectivity index (χ0) is 15.6. The number of hydrogen-bond acceptors (Lipinski definition) is 2. The van der Waals surface area contributed by atoms with Crippen LogP contribution >= 0.6 is 15.9 Å². The summed E-state index contributed by atoms with van der Waals surface area (Å²) in [6, 6.07) is 6.57. The zero-order valence-electron chi connectivity index (χ0n) is 13.3. The molecule has 0 spiro atoms. The maximum Gasteiger partial charge on any atom is 0.410 e. The summed E-state index contributed by atoms with van der Waals surface area (Å²) in [6.45, 7) is 9.37. The highest BCUT2D eigenvalue weighted by atomic mass is 79.9. The molecule has 1 amide bonds. The van der Waals surface area contributed by atoms with Gasteiger partial charge in [-0.05, 0) is 69.7 Å². The van der Waals surface area contributed by atoms with Crippen LogP contribution < -0.4 is 0 Å². The first kappa shape index (κ1) is 16.3. The Kier molecular flexibility index (Phi) is 4.97. The van der Waals surface area contributed by atoms with Crippen LogP contribution in [-0.4, -0.2) is 29.7 Å². The van der Waals surface area contributed by atoms with Gasteiger partial charge in [0.15, 0.2) is 0 Å². The van der Waals surface area contributed by atoms with Crippen molar-refractivity contribution in [2.45, 2.75) is 52.1 Å². The normalized spacial score (nSPS) is 16.9. The van der Waals surface area contributed by atoms with Crippen molar-refractivity contribution in [3.05, 3.63) is 33.8 Å². The fourth-order valence-electron chi connectivity index (χ4n) is 2.72. The third-order valence-electron chi connectivity index (χ3n) is 3.68. The van der Waals surface area contributed by atoms with Crippen LogP contribution in [0.5, 0.6) is 0 Å². The molecule has 0 saturated carbocycles. The summed E-state index contributed by atoms with van der Waals surface area (Å²) < 4.78 is 6.57. The summed E-state index contributed by atoms with van der Waals surface area (Å²) in [6.07, 6.45) is 1.80. The Hall–Kier alpha value is -1.03. The molecule has 0 radical (unpaired) electrons. The maximum absolute atomic E-state index is 12.1. The molecular weight excluding hydrogens is 330 g/mol. The van der Waals surface area contributed by atoms with Crippen LogP contribution in [0.1, 0.15) is 50.7 Å². The Bertz CT molecular complexity index is 494. The van der Waals surface area contributed by atoms with Crippen LogP contribution in [-0.2, 0) is 4.74 Å². The molecule has 1 aromatic rings. The fourth-order valence-corrected chi connectivity index (χ4v) is 3.35. The van der Waals surface area contributed by atoms with Crippen molar-refractivity contribution < 1.29 is 9.53 Å². The number of piperidine rings is 1. The van der Waals surface area contributed by atoms with E-state index in [1.807, 2.05) is 25.7 Å². The summed E-state index contributed by atoms with van der Waals surface area (Å²) in [7, 11) is 0. The molecule has 0 bridgehead atoms. The lowest BCUT2D eigenvalue weighted by molar-refractivity contribution is 0.0205. The first-order chi connectivity index (χ1) is 9.74. The van der Waals surface area contributed by atoms with Gasteiger partial charge in [0.25, 0.3) is 0 Å². The van der Waals surface area contributed by atoms with Gasteiger partial charge < -0.3 is 9.64 Å². The van der Waals surface area contributed by atoms with Crippen LogP contribution in [0.2, 0.25) is 0 Å². The molecule has 1 saturated heterocycles. The van der Waals surface area contributed by atoms with Crippen molar-refractivity contribution in [3.8, 4) is 0 Å². The summed E-state index contributed by atoms with van der Waals surface area (Å²) in [4.78, 5) is 13.9. The molecule has 0 aliphatic carbocycles. The Labute approximate surface area is 135 Å². The molecule has 2 rings (SSSR count). The van der Waals surface area contributed by atoms with Gasteiger partial charge in [0.2, 0.25) is 0 Å². The van der Waals surface area contributed by atoms with Crippen molar-refractivity contribution in [1.82, 2.24) is 4.90 Å². The number of benzene rings is 1. The number of ether oxygens (including phenoxy) is 1. The Morgan fingerprint density at radius 2 is 1.86 bits per heavy atom. The molecule has 3 nitrogen and oxygen atoms in total. The van der Waals surface area contributed by atoms with E-state index in [9.17, 15) is 4.79 Å². The van der Waals surface area contributed by atoms with E-state index in [0.29, 0.717) is 5.92 Å². The Morgan fingerprint density at radius 3 is 2.38 bits per heavy atom. The third kappa shape index (κ3) is 4.73. The molecule has 0 unspecified atom stereocenters.